The minimum atomic E-state index is -4.22. The van der Waals surface area contributed by atoms with Gasteiger partial charge in [0.15, 0.2) is 0 Å². The summed E-state index contributed by atoms with van der Waals surface area (Å²) < 4.78 is 39.6. The van der Waals surface area contributed by atoms with Crippen LogP contribution in [0, 0.1) is 0 Å². The maximum Gasteiger partial charge on any atom is 0.264 e. The molecule has 3 aromatic rings. The third-order valence-corrected chi connectivity index (χ3v) is 8.25. The van der Waals surface area contributed by atoms with Crippen LogP contribution in [0.5, 0.6) is 11.5 Å². The van der Waals surface area contributed by atoms with Crippen LogP contribution < -0.4 is 19.1 Å². The first-order valence-electron chi connectivity index (χ1n) is 13.1. The zero-order valence-corrected chi connectivity index (χ0v) is 24.2. The predicted molar refractivity (Wildman–Crippen MR) is 155 cm³/mol. The Morgan fingerprint density at radius 2 is 1.55 bits per heavy atom. The maximum atomic E-state index is 14.0. The van der Waals surface area contributed by atoms with Gasteiger partial charge in [-0.2, -0.15) is 0 Å². The Balaban J connectivity index is 2.00. The highest BCUT2D eigenvalue weighted by Crippen LogP contribution is 2.33. The van der Waals surface area contributed by atoms with Crippen molar-refractivity contribution in [1.29, 1.82) is 0 Å². The number of para-hydroxylation sites is 2. The van der Waals surface area contributed by atoms with E-state index in [-0.39, 0.29) is 28.8 Å². The molecule has 10 heteroatoms. The van der Waals surface area contributed by atoms with Crippen molar-refractivity contribution in [3.8, 4) is 11.5 Å². The average Bonchev–Trinajstić information content (AvgIpc) is 2.99. The maximum absolute atomic E-state index is 14.0. The molecule has 0 aliphatic rings. The van der Waals surface area contributed by atoms with Gasteiger partial charge in [-0.05, 0) is 61.7 Å². The number of amides is 2. The molecule has 0 unspecified atom stereocenters. The van der Waals surface area contributed by atoms with Gasteiger partial charge in [0.2, 0.25) is 11.8 Å². The summed E-state index contributed by atoms with van der Waals surface area (Å²) in [4.78, 5) is 28.3. The molecule has 0 bridgehead atoms. The zero-order chi connectivity index (χ0) is 29.1. The summed E-state index contributed by atoms with van der Waals surface area (Å²) in [5, 5.41) is 2.84. The molecule has 0 heterocycles. The molecule has 0 saturated heterocycles. The van der Waals surface area contributed by atoms with Crippen LogP contribution in [0.3, 0.4) is 0 Å². The summed E-state index contributed by atoms with van der Waals surface area (Å²) in [5.41, 5.74) is 1.20. The largest absolute Gasteiger partial charge is 0.497 e. The number of sulfonamides is 1. The van der Waals surface area contributed by atoms with Crippen LogP contribution >= 0.6 is 0 Å². The monoisotopic (exact) mass is 567 g/mol. The van der Waals surface area contributed by atoms with Gasteiger partial charge in [-0.3, -0.25) is 13.9 Å². The molecule has 0 spiro atoms. The Labute approximate surface area is 236 Å². The first-order chi connectivity index (χ1) is 19.2. The molecule has 0 aromatic heterocycles. The number of hydrogen-bond donors (Lipinski definition) is 1. The van der Waals surface area contributed by atoms with Gasteiger partial charge in [0.05, 0.1) is 24.8 Å². The lowest BCUT2D eigenvalue weighted by Gasteiger charge is -2.32. The second-order valence-corrected chi connectivity index (χ2v) is 11.0. The standard InChI is InChI=1S/C30H37N3O6S/c1-5-20-31-30(35)23(2)32(21-19-24-11-7-6-8-12-24)29(34)22-33(27-13-9-10-14-28(27)39-4)40(36,37)26-17-15-25(38-3)16-18-26/h6-18,23H,5,19-22H2,1-4H3,(H,31,35)/t23-/m0/s1. The van der Waals surface area contributed by atoms with E-state index in [4.69, 9.17) is 9.47 Å². The Kier molecular flexibility index (Phi) is 11.0. The molecular weight excluding hydrogens is 530 g/mol. The quantitative estimate of drug-likeness (QED) is 0.317. The lowest BCUT2D eigenvalue weighted by Crippen LogP contribution is -2.52. The molecule has 40 heavy (non-hydrogen) atoms. The minimum absolute atomic E-state index is 0.0171. The van der Waals surface area contributed by atoms with Crippen molar-refractivity contribution >= 4 is 27.5 Å². The normalized spacial score (nSPS) is 11.8. The van der Waals surface area contributed by atoms with E-state index >= 15 is 0 Å². The molecule has 9 nitrogen and oxygen atoms in total. The molecule has 3 rings (SSSR count). The van der Waals surface area contributed by atoms with E-state index in [0.29, 0.717) is 18.7 Å². The van der Waals surface area contributed by atoms with Crippen LogP contribution in [0.1, 0.15) is 25.8 Å². The number of carbonyl (C=O) groups excluding carboxylic acids is 2. The van der Waals surface area contributed by atoms with Gasteiger partial charge < -0.3 is 19.7 Å². The van der Waals surface area contributed by atoms with Gasteiger partial charge >= 0.3 is 0 Å². The number of rotatable bonds is 14. The first-order valence-corrected chi connectivity index (χ1v) is 14.6. The van der Waals surface area contributed by atoms with Gasteiger partial charge in [-0.15, -0.1) is 0 Å². The number of hydrogen-bond acceptors (Lipinski definition) is 6. The number of ether oxygens (including phenoxy) is 2. The van der Waals surface area contributed by atoms with Gasteiger partial charge in [-0.25, -0.2) is 8.42 Å². The highest BCUT2D eigenvalue weighted by atomic mass is 32.2. The van der Waals surface area contributed by atoms with E-state index in [1.54, 1.807) is 43.3 Å². The summed E-state index contributed by atoms with van der Waals surface area (Å²) in [6, 6.07) is 21.3. The first kappa shape index (κ1) is 30.5. The molecule has 1 N–H and O–H groups in total. The fourth-order valence-electron chi connectivity index (χ4n) is 4.19. The molecule has 3 aromatic carbocycles. The fraction of sp³-hybridized carbons (Fsp3) is 0.333. The second kappa shape index (κ2) is 14.4. The van der Waals surface area contributed by atoms with Crippen LogP contribution in [-0.2, 0) is 26.0 Å². The number of carbonyl (C=O) groups is 2. The Bertz CT molecular complexity index is 1360. The van der Waals surface area contributed by atoms with E-state index in [1.165, 1.54) is 31.3 Å². The van der Waals surface area contributed by atoms with E-state index in [0.717, 1.165) is 16.3 Å². The van der Waals surface area contributed by atoms with Crippen molar-refractivity contribution in [2.45, 2.75) is 37.6 Å². The highest BCUT2D eigenvalue weighted by molar-refractivity contribution is 7.92. The van der Waals surface area contributed by atoms with Crippen molar-refractivity contribution < 1.29 is 27.5 Å². The van der Waals surface area contributed by atoms with Crippen LogP contribution in [0.2, 0.25) is 0 Å². The molecule has 1 atom stereocenters. The third-order valence-electron chi connectivity index (χ3n) is 6.48. The van der Waals surface area contributed by atoms with Gasteiger partial charge in [0.1, 0.15) is 24.1 Å². The van der Waals surface area contributed by atoms with E-state index in [2.05, 4.69) is 5.32 Å². The summed E-state index contributed by atoms with van der Waals surface area (Å²) in [7, 11) is -1.29. The predicted octanol–water partition coefficient (Wildman–Crippen LogP) is 3.89. The number of anilines is 1. The van der Waals surface area contributed by atoms with E-state index in [9.17, 15) is 18.0 Å². The van der Waals surface area contributed by atoms with Crippen molar-refractivity contribution in [2.24, 2.45) is 0 Å². The topological polar surface area (TPSA) is 105 Å². The summed E-state index contributed by atoms with van der Waals surface area (Å²) in [6.45, 7) is 3.77. The number of methoxy groups -OCH3 is 2. The van der Waals surface area contributed by atoms with Crippen LogP contribution in [-0.4, -0.2) is 65.0 Å². The van der Waals surface area contributed by atoms with Gasteiger partial charge in [0.25, 0.3) is 10.0 Å². The fourth-order valence-corrected chi connectivity index (χ4v) is 5.61. The summed E-state index contributed by atoms with van der Waals surface area (Å²) in [5.74, 6) is -0.0296. The summed E-state index contributed by atoms with van der Waals surface area (Å²) in [6.07, 6.45) is 1.25. The molecule has 0 aliphatic heterocycles. The number of nitrogens with zero attached hydrogens (tertiary/aromatic N) is 2. The molecule has 0 saturated carbocycles. The van der Waals surface area contributed by atoms with Gasteiger partial charge in [-0.1, -0.05) is 49.4 Å². The van der Waals surface area contributed by atoms with Gasteiger partial charge in [0, 0.05) is 13.1 Å². The number of nitrogens with one attached hydrogen (secondary N) is 1. The van der Waals surface area contributed by atoms with Crippen molar-refractivity contribution in [3.05, 3.63) is 84.4 Å². The van der Waals surface area contributed by atoms with Crippen LogP contribution in [0.25, 0.3) is 0 Å². The number of benzene rings is 3. The third kappa shape index (κ3) is 7.53. The summed E-state index contributed by atoms with van der Waals surface area (Å²) >= 11 is 0. The van der Waals surface area contributed by atoms with E-state index in [1.807, 2.05) is 37.3 Å². The molecule has 0 fully saturated rings. The Morgan fingerprint density at radius 1 is 0.900 bits per heavy atom. The molecule has 214 valence electrons. The molecular formula is C30H37N3O6S. The smallest absolute Gasteiger partial charge is 0.264 e. The average molecular weight is 568 g/mol. The Morgan fingerprint density at radius 3 is 2.17 bits per heavy atom. The SMILES string of the molecule is CCCNC(=O)[C@H](C)N(CCc1ccccc1)C(=O)CN(c1ccccc1OC)S(=O)(=O)c1ccc(OC)cc1. The van der Waals surface area contributed by atoms with Crippen molar-refractivity contribution in [2.75, 3.05) is 38.2 Å². The molecule has 2 amide bonds. The van der Waals surface area contributed by atoms with E-state index < -0.39 is 28.5 Å². The highest BCUT2D eigenvalue weighted by Gasteiger charge is 2.33. The zero-order valence-electron chi connectivity index (χ0n) is 23.4. The minimum Gasteiger partial charge on any atom is -0.497 e. The van der Waals surface area contributed by atoms with Crippen molar-refractivity contribution in [3.63, 3.8) is 0 Å². The molecule has 0 aliphatic carbocycles. The lowest BCUT2D eigenvalue weighted by atomic mass is 10.1. The Hall–Kier alpha value is -4.05. The lowest BCUT2D eigenvalue weighted by molar-refractivity contribution is -0.138. The second-order valence-electron chi connectivity index (χ2n) is 9.15. The molecule has 0 radical (unpaired) electrons. The van der Waals surface area contributed by atoms with Crippen LogP contribution in [0.15, 0.2) is 83.8 Å². The van der Waals surface area contributed by atoms with Crippen molar-refractivity contribution in [1.82, 2.24) is 10.2 Å². The van der Waals surface area contributed by atoms with Crippen LogP contribution in [0.4, 0.5) is 5.69 Å².